The minimum Gasteiger partial charge on any atom is -0.430 e. The Morgan fingerprint density at radius 3 is 1.08 bits per heavy atom. The Hall–Kier alpha value is 0.177. The average molecular weight is 202 g/mol. The van der Waals surface area contributed by atoms with Crippen LogP contribution in [0.4, 0.5) is 0 Å². The van der Waals surface area contributed by atoms with Crippen molar-refractivity contribution in [3.8, 4) is 0 Å². The van der Waals surface area contributed by atoms with Gasteiger partial charge in [0.05, 0.1) is 0 Å². The summed E-state index contributed by atoms with van der Waals surface area (Å²) in [6, 6.07) is 0. The van der Waals surface area contributed by atoms with Crippen molar-refractivity contribution in [3.05, 3.63) is 0 Å². The fraction of sp³-hybridized carbons (Fsp3) is 1.00. The van der Waals surface area contributed by atoms with Gasteiger partial charge in [0.15, 0.2) is 0 Å². The van der Waals surface area contributed by atoms with Gasteiger partial charge in [0, 0.05) is 0 Å². The summed E-state index contributed by atoms with van der Waals surface area (Å²) < 4.78 is 0. The normalized spacial score (nSPS) is 15.2. The van der Waals surface area contributed by atoms with Crippen LogP contribution in [0.3, 0.4) is 0 Å². The molecule has 0 saturated carbocycles. The smallest absolute Gasteiger partial charge is 0.201 e. The van der Waals surface area contributed by atoms with E-state index in [0.717, 1.165) is 0 Å². The van der Waals surface area contributed by atoms with Crippen molar-refractivity contribution in [2.24, 2.45) is 0 Å². The predicted molar refractivity (Wildman–Crippen MR) is 62.5 cm³/mol. The molecule has 0 aromatic rings. The molecule has 0 aromatic carbocycles. The topological polar surface area (TPSA) is 20.2 Å². The molecule has 0 amide bonds. The molecule has 0 heterocycles. The zero-order valence-electron chi connectivity index (χ0n) is 10.5. The molecule has 0 aliphatic carbocycles. The number of hydrogen-bond donors (Lipinski definition) is 1. The number of rotatable bonds is 1. The lowest BCUT2D eigenvalue weighted by Crippen LogP contribution is -2.54. The molecule has 0 radical (unpaired) electrons. The standard InChI is InChI=1S/C11H26OSi/c1-9(2)13(12,10(3,4)5)11(6,7)8/h9,12H,1-8H3. The zero-order chi connectivity index (χ0) is 11.1. The van der Waals surface area contributed by atoms with Gasteiger partial charge in [0.25, 0.3) is 0 Å². The van der Waals surface area contributed by atoms with Gasteiger partial charge < -0.3 is 4.80 Å². The maximum absolute atomic E-state index is 10.9. The van der Waals surface area contributed by atoms with Gasteiger partial charge in [-0.2, -0.15) is 0 Å². The second kappa shape index (κ2) is 3.39. The Balaban J connectivity index is 5.22. The van der Waals surface area contributed by atoms with Gasteiger partial charge in [0.1, 0.15) is 0 Å². The van der Waals surface area contributed by atoms with Gasteiger partial charge in [-0.25, -0.2) is 0 Å². The van der Waals surface area contributed by atoms with E-state index >= 15 is 0 Å². The third-order valence-corrected chi connectivity index (χ3v) is 9.37. The van der Waals surface area contributed by atoms with Crippen LogP contribution in [-0.4, -0.2) is 13.1 Å². The molecule has 0 aromatic heterocycles. The highest BCUT2D eigenvalue weighted by Crippen LogP contribution is 2.54. The highest BCUT2D eigenvalue weighted by Gasteiger charge is 2.54. The summed E-state index contributed by atoms with van der Waals surface area (Å²) in [7, 11) is -2.23. The maximum Gasteiger partial charge on any atom is 0.201 e. The monoisotopic (exact) mass is 202 g/mol. The third kappa shape index (κ3) is 2.16. The molecule has 0 rings (SSSR count). The molecule has 0 saturated heterocycles. The first kappa shape index (κ1) is 13.2. The third-order valence-electron chi connectivity index (χ3n) is 3.12. The summed E-state index contributed by atoms with van der Waals surface area (Å²) in [6.07, 6.45) is 0. The Morgan fingerprint density at radius 2 is 1.08 bits per heavy atom. The molecule has 0 atom stereocenters. The minimum absolute atomic E-state index is 0.0550. The Labute approximate surface area is 84.7 Å². The van der Waals surface area contributed by atoms with Gasteiger partial charge in [-0.05, 0) is 15.6 Å². The average Bonchev–Trinajstić information content (AvgIpc) is 1.80. The first-order valence-corrected chi connectivity index (χ1v) is 7.19. The van der Waals surface area contributed by atoms with E-state index in [0.29, 0.717) is 5.54 Å². The van der Waals surface area contributed by atoms with E-state index in [2.05, 4.69) is 55.4 Å². The van der Waals surface area contributed by atoms with Crippen LogP contribution < -0.4 is 0 Å². The van der Waals surface area contributed by atoms with Gasteiger partial charge in [0.2, 0.25) is 8.32 Å². The molecule has 80 valence electrons. The molecule has 1 N–H and O–H groups in total. The van der Waals surface area contributed by atoms with Crippen molar-refractivity contribution in [3.63, 3.8) is 0 Å². The lowest BCUT2D eigenvalue weighted by molar-refractivity contribution is 0.396. The summed E-state index contributed by atoms with van der Waals surface area (Å²) in [4.78, 5) is 10.9. The van der Waals surface area contributed by atoms with Crippen molar-refractivity contribution in [1.29, 1.82) is 0 Å². The van der Waals surface area contributed by atoms with Gasteiger partial charge in [-0.3, -0.25) is 0 Å². The fourth-order valence-corrected chi connectivity index (χ4v) is 8.57. The lowest BCUT2D eigenvalue weighted by atomic mass is 10.2. The Morgan fingerprint density at radius 1 is 0.846 bits per heavy atom. The minimum atomic E-state index is -2.23. The van der Waals surface area contributed by atoms with Gasteiger partial charge in [-0.15, -0.1) is 0 Å². The van der Waals surface area contributed by atoms with E-state index in [4.69, 9.17) is 0 Å². The summed E-state index contributed by atoms with van der Waals surface area (Å²) >= 11 is 0. The molecule has 13 heavy (non-hydrogen) atoms. The predicted octanol–water partition coefficient (Wildman–Crippen LogP) is 3.93. The SMILES string of the molecule is CC(C)[Si](O)(C(C)(C)C)C(C)(C)C. The fourth-order valence-electron chi connectivity index (χ4n) is 2.86. The molecule has 0 fully saturated rings. The molecular formula is C11H26OSi. The lowest BCUT2D eigenvalue weighted by Gasteiger charge is -2.49. The van der Waals surface area contributed by atoms with Crippen molar-refractivity contribution in [1.82, 2.24) is 0 Å². The molecular weight excluding hydrogens is 176 g/mol. The van der Waals surface area contributed by atoms with Crippen LogP contribution in [0, 0.1) is 0 Å². The van der Waals surface area contributed by atoms with Crippen molar-refractivity contribution in [2.45, 2.75) is 71.0 Å². The van der Waals surface area contributed by atoms with Crippen LogP contribution in [0.25, 0.3) is 0 Å². The highest BCUT2D eigenvalue weighted by molar-refractivity contribution is 6.79. The van der Waals surface area contributed by atoms with Gasteiger partial charge >= 0.3 is 0 Å². The van der Waals surface area contributed by atoms with Crippen LogP contribution in [0.15, 0.2) is 0 Å². The van der Waals surface area contributed by atoms with Gasteiger partial charge in [-0.1, -0.05) is 55.4 Å². The summed E-state index contributed by atoms with van der Waals surface area (Å²) in [5.74, 6) is 0. The van der Waals surface area contributed by atoms with Crippen LogP contribution in [0.5, 0.6) is 0 Å². The molecule has 0 aliphatic heterocycles. The van der Waals surface area contributed by atoms with E-state index in [9.17, 15) is 4.80 Å². The summed E-state index contributed by atoms with van der Waals surface area (Å²) in [5.41, 5.74) is 0.410. The maximum atomic E-state index is 10.9. The highest BCUT2D eigenvalue weighted by atomic mass is 28.4. The molecule has 0 unspecified atom stereocenters. The number of hydrogen-bond acceptors (Lipinski definition) is 1. The largest absolute Gasteiger partial charge is 0.430 e. The van der Waals surface area contributed by atoms with Crippen molar-refractivity contribution >= 4 is 8.32 Å². The Bertz CT molecular complexity index is 158. The van der Waals surface area contributed by atoms with Crippen LogP contribution in [0.2, 0.25) is 15.6 Å². The second-order valence-corrected chi connectivity index (χ2v) is 12.1. The van der Waals surface area contributed by atoms with E-state index in [1.807, 2.05) is 0 Å². The van der Waals surface area contributed by atoms with Crippen molar-refractivity contribution in [2.75, 3.05) is 0 Å². The van der Waals surface area contributed by atoms with Crippen LogP contribution in [-0.2, 0) is 0 Å². The molecule has 0 aliphatic rings. The van der Waals surface area contributed by atoms with E-state index in [1.54, 1.807) is 0 Å². The van der Waals surface area contributed by atoms with E-state index in [-0.39, 0.29) is 10.1 Å². The van der Waals surface area contributed by atoms with Crippen LogP contribution >= 0.6 is 0 Å². The Kier molecular flexibility index (Phi) is 3.44. The van der Waals surface area contributed by atoms with E-state index in [1.165, 1.54) is 0 Å². The van der Waals surface area contributed by atoms with E-state index < -0.39 is 8.32 Å². The molecule has 0 spiro atoms. The summed E-state index contributed by atoms with van der Waals surface area (Å²) in [6.45, 7) is 17.3. The first-order valence-electron chi connectivity index (χ1n) is 5.17. The molecule has 2 heteroatoms. The summed E-state index contributed by atoms with van der Waals surface area (Å²) in [5, 5.41) is 0.110. The quantitative estimate of drug-likeness (QED) is 0.639. The zero-order valence-corrected chi connectivity index (χ0v) is 11.5. The van der Waals surface area contributed by atoms with Crippen molar-refractivity contribution < 1.29 is 4.80 Å². The molecule has 0 bridgehead atoms. The second-order valence-electron chi connectivity index (χ2n) is 6.42. The molecule has 1 nitrogen and oxygen atoms in total. The van der Waals surface area contributed by atoms with Crippen LogP contribution in [0.1, 0.15) is 55.4 Å². The first-order chi connectivity index (χ1) is 5.44.